The lowest BCUT2D eigenvalue weighted by molar-refractivity contribution is -0.117. The topological polar surface area (TPSA) is 32.3 Å². The molecule has 1 N–H and O–H groups in total. The molecule has 1 aliphatic heterocycles. The maximum Gasteiger partial charge on any atom is 0.242 e. The Morgan fingerprint density at radius 2 is 2.08 bits per heavy atom. The number of carbonyl (C=O) groups excluding carboxylic acids is 1. The molecule has 0 spiro atoms. The zero-order chi connectivity index (χ0) is 9.26. The summed E-state index contributed by atoms with van der Waals surface area (Å²) >= 11 is 0. The molecule has 13 heavy (non-hydrogen) atoms. The van der Waals surface area contributed by atoms with Crippen LogP contribution in [0.2, 0.25) is 0 Å². The first-order chi connectivity index (χ1) is 6.27. The smallest absolute Gasteiger partial charge is 0.242 e. The van der Waals surface area contributed by atoms with Crippen molar-refractivity contribution in [3.63, 3.8) is 0 Å². The highest BCUT2D eigenvalue weighted by atomic mass is 16.2. The van der Waals surface area contributed by atoms with Crippen molar-refractivity contribution < 1.29 is 4.79 Å². The van der Waals surface area contributed by atoms with Crippen molar-refractivity contribution in [3.8, 4) is 0 Å². The molecular weight excluding hydrogens is 164 g/mol. The van der Waals surface area contributed by atoms with Crippen LogP contribution in [0.15, 0.2) is 30.3 Å². The number of hydrogen-bond donors (Lipinski definition) is 1. The van der Waals surface area contributed by atoms with Crippen molar-refractivity contribution in [2.45, 2.75) is 19.4 Å². The van der Waals surface area contributed by atoms with Gasteiger partial charge < -0.3 is 0 Å². The normalized spacial score (nSPS) is 22.4. The number of amides is 1. The number of benzene rings is 1. The molecule has 1 fully saturated rings. The molecule has 0 radical (unpaired) electrons. The van der Waals surface area contributed by atoms with Gasteiger partial charge in [-0.1, -0.05) is 18.2 Å². The van der Waals surface area contributed by atoms with Crippen LogP contribution in [-0.4, -0.2) is 11.9 Å². The molecule has 3 nitrogen and oxygen atoms in total. The summed E-state index contributed by atoms with van der Waals surface area (Å²) in [5.74, 6) is 0.138. The number of anilines is 1. The largest absolute Gasteiger partial charge is 0.273 e. The highest BCUT2D eigenvalue weighted by Gasteiger charge is 2.26. The van der Waals surface area contributed by atoms with Crippen molar-refractivity contribution in [1.82, 2.24) is 5.43 Å². The summed E-state index contributed by atoms with van der Waals surface area (Å²) in [5.41, 5.74) is 4.02. The number of nitrogens with one attached hydrogen (secondary N) is 1. The third-order valence-electron chi connectivity index (χ3n) is 2.09. The van der Waals surface area contributed by atoms with Crippen LogP contribution in [0.25, 0.3) is 0 Å². The number of nitrogens with zero attached hydrogens (tertiary/aromatic N) is 1. The van der Waals surface area contributed by atoms with E-state index in [1.54, 1.807) is 5.01 Å². The van der Waals surface area contributed by atoms with Gasteiger partial charge in [0.05, 0.1) is 5.69 Å². The van der Waals surface area contributed by atoms with E-state index >= 15 is 0 Å². The van der Waals surface area contributed by atoms with Crippen molar-refractivity contribution in [2.75, 3.05) is 5.01 Å². The Morgan fingerprint density at radius 1 is 1.38 bits per heavy atom. The Kier molecular flexibility index (Phi) is 2.02. The Balaban J connectivity index is 2.23. The molecule has 0 saturated carbocycles. The minimum Gasteiger partial charge on any atom is -0.273 e. The minimum atomic E-state index is 0.138. The van der Waals surface area contributed by atoms with Crippen LogP contribution in [0, 0.1) is 0 Å². The molecule has 1 aromatic rings. The predicted octanol–water partition coefficient (Wildman–Crippen LogP) is 1.32. The van der Waals surface area contributed by atoms with Crippen LogP contribution in [0.1, 0.15) is 13.3 Å². The summed E-state index contributed by atoms with van der Waals surface area (Å²) in [4.78, 5) is 11.4. The number of rotatable bonds is 1. The molecule has 1 amide bonds. The number of hydrogen-bond acceptors (Lipinski definition) is 2. The van der Waals surface area contributed by atoms with E-state index in [0.29, 0.717) is 6.42 Å². The molecule has 1 aromatic carbocycles. The van der Waals surface area contributed by atoms with Gasteiger partial charge in [-0.2, -0.15) is 0 Å². The van der Waals surface area contributed by atoms with Crippen LogP contribution in [0.4, 0.5) is 5.69 Å². The summed E-state index contributed by atoms with van der Waals surface area (Å²) in [6.07, 6.45) is 0.578. The molecule has 2 rings (SSSR count). The van der Waals surface area contributed by atoms with E-state index in [2.05, 4.69) is 5.43 Å². The summed E-state index contributed by atoms with van der Waals surface area (Å²) < 4.78 is 0. The van der Waals surface area contributed by atoms with Crippen molar-refractivity contribution in [2.24, 2.45) is 0 Å². The van der Waals surface area contributed by atoms with Crippen LogP contribution in [0.5, 0.6) is 0 Å². The van der Waals surface area contributed by atoms with Gasteiger partial charge in [-0.05, 0) is 19.1 Å². The van der Waals surface area contributed by atoms with Crippen LogP contribution in [-0.2, 0) is 4.79 Å². The number of para-hydroxylation sites is 1. The lowest BCUT2D eigenvalue weighted by Crippen LogP contribution is -2.36. The molecular formula is C10H12N2O. The van der Waals surface area contributed by atoms with Crippen LogP contribution < -0.4 is 10.4 Å². The number of carbonyl (C=O) groups is 1. The molecule has 1 atom stereocenters. The van der Waals surface area contributed by atoms with Crippen LogP contribution >= 0.6 is 0 Å². The highest BCUT2D eigenvalue weighted by Crippen LogP contribution is 2.17. The van der Waals surface area contributed by atoms with Gasteiger partial charge in [0, 0.05) is 12.5 Å². The third kappa shape index (κ3) is 1.55. The molecule has 0 aromatic heterocycles. The lowest BCUT2D eigenvalue weighted by atomic mass is 10.2. The molecule has 3 heteroatoms. The van der Waals surface area contributed by atoms with Gasteiger partial charge in [0.1, 0.15) is 0 Å². The zero-order valence-corrected chi connectivity index (χ0v) is 7.53. The zero-order valence-electron chi connectivity index (χ0n) is 7.53. The monoisotopic (exact) mass is 176 g/mol. The van der Waals surface area contributed by atoms with E-state index in [0.717, 1.165) is 5.69 Å². The second-order valence-electron chi connectivity index (χ2n) is 3.30. The molecule has 1 aliphatic rings. The van der Waals surface area contributed by atoms with E-state index in [1.165, 1.54) is 0 Å². The molecule has 0 unspecified atom stereocenters. The standard InChI is InChI=1S/C10H12N2O/c1-8-7-10(13)12(11-8)9-5-3-2-4-6-9/h2-6,8,11H,7H2,1H3/t8-/m0/s1. The molecule has 1 saturated heterocycles. The molecule has 1 heterocycles. The first kappa shape index (κ1) is 8.26. The molecule has 0 aliphatic carbocycles. The summed E-state index contributed by atoms with van der Waals surface area (Å²) in [6, 6.07) is 9.87. The SMILES string of the molecule is C[C@H]1CC(=O)N(c2ccccc2)N1. The quantitative estimate of drug-likeness (QED) is 0.699. The first-order valence-corrected chi connectivity index (χ1v) is 4.41. The van der Waals surface area contributed by atoms with Gasteiger partial charge in [-0.3, -0.25) is 4.79 Å². The van der Waals surface area contributed by atoms with Gasteiger partial charge in [-0.15, -0.1) is 0 Å². The van der Waals surface area contributed by atoms with E-state index < -0.39 is 0 Å². The van der Waals surface area contributed by atoms with Gasteiger partial charge >= 0.3 is 0 Å². The van der Waals surface area contributed by atoms with E-state index in [1.807, 2.05) is 37.3 Å². The van der Waals surface area contributed by atoms with Crippen molar-refractivity contribution >= 4 is 11.6 Å². The predicted molar refractivity (Wildman–Crippen MR) is 51.1 cm³/mol. The van der Waals surface area contributed by atoms with E-state index in [4.69, 9.17) is 0 Å². The van der Waals surface area contributed by atoms with Gasteiger partial charge in [-0.25, -0.2) is 10.4 Å². The summed E-state index contributed by atoms with van der Waals surface area (Å²) in [6.45, 7) is 2.00. The molecule has 68 valence electrons. The van der Waals surface area contributed by atoms with Gasteiger partial charge in [0.2, 0.25) is 5.91 Å². The highest BCUT2D eigenvalue weighted by molar-refractivity contribution is 5.94. The fourth-order valence-electron chi connectivity index (χ4n) is 1.49. The van der Waals surface area contributed by atoms with E-state index in [9.17, 15) is 4.79 Å². The van der Waals surface area contributed by atoms with Gasteiger partial charge in [0.15, 0.2) is 0 Å². The summed E-state index contributed by atoms with van der Waals surface area (Å²) in [7, 11) is 0. The number of hydrazine groups is 1. The van der Waals surface area contributed by atoms with E-state index in [-0.39, 0.29) is 11.9 Å². The fourth-order valence-corrected chi connectivity index (χ4v) is 1.49. The Bertz CT molecular complexity index is 310. The molecule has 0 bridgehead atoms. The Hall–Kier alpha value is -1.35. The first-order valence-electron chi connectivity index (χ1n) is 4.41. The second kappa shape index (κ2) is 3.18. The average molecular weight is 176 g/mol. The van der Waals surface area contributed by atoms with Crippen LogP contribution in [0.3, 0.4) is 0 Å². The van der Waals surface area contributed by atoms with Gasteiger partial charge in [0.25, 0.3) is 0 Å². The maximum atomic E-state index is 11.4. The average Bonchev–Trinajstić information content (AvgIpc) is 2.47. The van der Waals surface area contributed by atoms with Crippen molar-refractivity contribution in [3.05, 3.63) is 30.3 Å². The fraction of sp³-hybridized carbons (Fsp3) is 0.300. The third-order valence-corrected chi connectivity index (χ3v) is 2.09. The second-order valence-corrected chi connectivity index (χ2v) is 3.30. The maximum absolute atomic E-state index is 11.4. The Labute approximate surface area is 77.3 Å². The lowest BCUT2D eigenvalue weighted by Gasteiger charge is -2.16. The van der Waals surface area contributed by atoms with Crippen molar-refractivity contribution in [1.29, 1.82) is 0 Å². The minimum absolute atomic E-state index is 0.138. The summed E-state index contributed by atoms with van der Waals surface area (Å²) in [5, 5.41) is 1.62. The Morgan fingerprint density at radius 3 is 2.62 bits per heavy atom.